The van der Waals surface area contributed by atoms with E-state index in [4.69, 9.17) is 11.6 Å². The summed E-state index contributed by atoms with van der Waals surface area (Å²) >= 11 is 5.80. The first-order valence-corrected chi connectivity index (χ1v) is 4.03. The molecule has 0 aliphatic carbocycles. The van der Waals surface area contributed by atoms with Gasteiger partial charge in [0.15, 0.2) is 0 Å². The summed E-state index contributed by atoms with van der Waals surface area (Å²) < 4.78 is 1.03. The quantitative estimate of drug-likeness (QED) is 0.470. The molecule has 2 heteroatoms. The molecular formula is C4H3AsCl. The molecule has 1 radical (unpaired) electrons. The Bertz CT molecular complexity index is 104. The molecule has 0 unspecified atom stereocenters. The molecule has 6 heavy (non-hydrogen) atoms. The fourth-order valence-corrected chi connectivity index (χ4v) is 1.67. The van der Waals surface area contributed by atoms with Crippen molar-refractivity contribution in [2.45, 2.75) is 0 Å². The van der Waals surface area contributed by atoms with Gasteiger partial charge in [-0.25, -0.2) is 0 Å². The van der Waals surface area contributed by atoms with Gasteiger partial charge in [-0.15, -0.1) is 0 Å². The molecule has 31 valence electrons. The van der Waals surface area contributed by atoms with E-state index in [1.807, 2.05) is 12.2 Å². The predicted molar refractivity (Wildman–Crippen MR) is 28.8 cm³/mol. The average molecular weight is 161 g/mol. The van der Waals surface area contributed by atoms with Gasteiger partial charge in [0, 0.05) is 0 Å². The van der Waals surface area contributed by atoms with Crippen LogP contribution in [0.25, 0.3) is 0 Å². The fourth-order valence-electron chi connectivity index (χ4n) is 0.280. The van der Waals surface area contributed by atoms with E-state index in [0.717, 1.165) is 3.82 Å². The molecule has 1 aliphatic heterocycles. The van der Waals surface area contributed by atoms with Crippen molar-refractivity contribution in [2.75, 3.05) is 0 Å². The van der Waals surface area contributed by atoms with E-state index in [2.05, 4.69) is 4.86 Å². The summed E-state index contributed by atoms with van der Waals surface area (Å²) in [7, 11) is 0. The fraction of sp³-hybridized carbons (Fsp3) is 0. The second kappa shape index (κ2) is 1.86. The number of hydrogen-bond donors (Lipinski definition) is 0. The van der Waals surface area contributed by atoms with Gasteiger partial charge < -0.3 is 0 Å². The van der Waals surface area contributed by atoms with E-state index in [9.17, 15) is 0 Å². The van der Waals surface area contributed by atoms with E-state index < -0.39 is 0 Å². The summed E-state index contributed by atoms with van der Waals surface area (Å²) in [6.45, 7) is 0. The summed E-state index contributed by atoms with van der Waals surface area (Å²) in [5, 5.41) is 0. The molecule has 0 bridgehead atoms. The summed E-state index contributed by atoms with van der Waals surface area (Å²) in [4.78, 5) is 2.12. The molecule has 0 aromatic carbocycles. The van der Waals surface area contributed by atoms with E-state index >= 15 is 0 Å². The summed E-state index contributed by atoms with van der Waals surface area (Å²) in [5.74, 6) is 0. The second-order valence-electron chi connectivity index (χ2n) is 0.960. The van der Waals surface area contributed by atoms with Crippen LogP contribution in [-0.2, 0) is 0 Å². The first kappa shape index (κ1) is 4.49. The minimum absolute atomic E-state index is 0.245. The van der Waals surface area contributed by atoms with Crippen LogP contribution >= 0.6 is 11.6 Å². The van der Waals surface area contributed by atoms with Crippen molar-refractivity contribution in [2.24, 2.45) is 0 Å². The van der Waals surface area contributed by atoms with Crippen LogP contribution < -0.4 is 0 Å². The monoisotopic (exact) mass is 161 g/mol. The van der Waals surface area contributed by atoms with E-state index in [1.165, 1.54) is 0 Å². The molecule has 0 saturated heterocycles. The van der Waals surface area contributed by atoms with Crippen molar-refractivity contribution >= 4 is 27.4 Å². The maximum atomic E-state index is 5.55. The first-order valence-electron chi connectivity index (χ1n) is 1.63. The average Bonchev–Trinajstić information content (AvgIpc) is 1.86. The zero-order valence-corrected chi connectivity index (χ0v) is 5.69. The molecule has 1 heterocycles. The molecule has 0 fully saturated rings. The van der Waals surface area contributed by atoms with Crippen LogP contribution in [0.3, 0.4) is 0 Å². The van der Waals surface area contributed by atoms with Crippen molar-refractivity contribution in [1.29, 1.82) is 0 Å². The molecular weight excluding hydrogens is 158 g/mol. The van der Waals surface area contributed by atoms with E-state index in [1.54, 1.807) is 0 Å². The molecule has 0 atom stereocenters. The Hall–Kier alpha value is 0.328. The van der Waals surface area contributed by atoms with Crippen molar-refractivity contribution in [1.82, 2.24) is 0 Å². The zero-order valence-electron chi connectivity index (χ0n) is 3.06. The van der Waals surface area contributed by atoms with Gasteiger partial charge in [-0.2, -0.15) is 0 Å². The summed E-state index contributed by atoms with van der Waals surface area (Å²) in [6, 6.07) is 0. The Morgan fingerprint density at radius 1 is 1.67 bits per heavy atom. The third-order valence-electron chi connectivity index (χ3n) is 0.518. The third-order valence-corrected chi connectivity index (χ3v) is 2.65. The Kier molecular flexibility index (Phi) is 1.39. The van der Waals surface area contributed by atoms with Gasteiger partial charge in [0.1, 0.15) is 0 Å². The van der Waals surface area contributed by atoms with Crippen LogP contribution in [0, 0.1) is 0 Å². The topological polar surface area (TPSA) is 0 Å². The van der Waals surface area contributed by atoms with Crippen LogP contribution in [0.1, 0.15) is 0 Å². The minimum atomic E-state index is 0.245. The first-order chi connectivity index (χ1) is 2.89. The molecule has 0 spiro atoms. The standard InChI is InChI=1S/C4H3AsCl/c6-4-2-1-3-5-4/h1-3H. The van der Waals surface area contributed by atoms with Crippen LogP contribution in [0.2, 0.25) is 0 Å². The summed E-state index contributed by atoms with van der Waals surface area (Å²) in [5.41, 5.74) is 0. The number of rotatable bonds is 0. The van der Waals surface area contributed by atoms with E-state index in [-0.39, 0.29) is 15.8 Å². The number of hydrogen-bond acceptors (Lipinski definition) is 0. The van der Waals surface area contributed by atoms with Gasteiger partial charge in [0.2, 0.25) is 0 Å². The van der Waals surface area contributed by atoms with Crippen molar-refractivity contribution < 1.29 is 0 Å². The Balaban J connectivity index is 2.61. The molecule has 0 amide bonds. The second-order valence-corrected chi connectivity index (χ2v) is 4.12. The van der Waals surface area contributed by atoms with Gasteiger partial charge >= 0.3 is 48.2 Å². The molecule has 0 aromatic heterocycles. The van der Waals surface area contributed by atoms with E-state index in [0.29, 0.717) is 0 Å². The SMILES string of the molecule is ClC1=CC=C[As]1. The van der Waals surface area contributed by atoms with Gasteiger partial charge in [0.25, 0.3) is 0 Å². The van der Waals surface area contributed by atoms with Crippen LogP contribution in [0.5, 0.6) is 0 Å². The molecule has 1 rings (SSSR count). The Morgan fingerprint density at radius 2 is 2.50 bits per heavy atom. The van der Waals surface area contributed by atoms with Gasteiger partial charge in [-0.1, -0.05) is 0 Å². The van der Waals surface area contributed by atoms with Crippen molar-refractivity contribution in [3.8, 4) is 0 Å². The molecule has 0 saturated carbocycles. The van der Waals surface area contributed by atoms with Crippen LogP contribution in [0.15, 0.2) is 20.8 Å². The molecule has 1 aliphatic rings. The van der Waals surface area contributed by atoms with Gasteiger partial charge in [-0.3, -0.25) is 0 Å². The summed E-state index contributed by atoms with van der Waals surface area (Å²) in [6.07, 6.45) is 3.95. The number of halogens is 1. The molecule has 0 N–H and O–H groups in total. The Morgan fingerprint density at radius 3 is 2.67 bits per heavy atom. The predicted octanol–water partition coefficient (Wildman–Crippen LogP) is 1.30. The zero-order chi connectivity index (χ0) is 4.41. The van der Waals surface area contributed by atoms with Gasteiger partial charge in [0.05, 0.1) is 0 Å². The van der Waals surface area contributed by atoms with Crippen LogP contribution in [0.4, 0.5) is 0 Å². The van der Waals surface area contributed by atoms with Crippen molar-refractivity contribution in [3.63, 3.8) is 0 Å². The normalized spacial score (nSPS) is 22.5. The molecule has 0 nitrogen and oxygen atoms in total. The van der Waals surface area contributed by atoms with Gasteiger partial charge in [-0.05, 0) is 0 Å². The van der Waals surface area contributed by atoms with Crippen LogP contribution in [-0.4, -0.2) is 15.8 Å². The Labute approximate surface area is 48.6 Å². The molecule has 0 aromatic rings. The third kappa shape index (κ3) is 0.893. The van der Waals surface area contributed by atoms with Crippen molar-refractivity contribution in [3.05, 3.63) is 20.8 Å². The number of allylic oxidation sites excluding steroid dienone is 2. The maximum absolute atomic E-state index is 5.55.